The molecule has 0 spiro atoms. The fourth-order valence-corrected chi connectivity index (χ4v) is 1.74. The number of carbonyl (C=O) groups excluding carboxylic acids is 2. The number of ether oxygens (including phenoxy) is 2. The summed E-state index contributed by atoms with van der Waals surface area (Å²) in [5, 5.41) is 2.47. The van der Waals surface area contributed by atoms with E-state index in [1.165, 1.54) is 7.11 Å². The number of methoxy groups -OCH3 is 1. The molecule has 0 saturated carbocycles. The molecule has 0 bridgehead atoms. The molecule has 114 valence electrons. The lowest BCUT2D eigenvalue weighted by Crippen LogP contribution is -2.30. The van der Waals surface area contributed by atoms with Gasteiger partial charge < -0.3 is 14.8 Å². The van der Waals surface area contributed by atoms with Crippen LogP contribution in [0.25, 0.3) is 0 Å². The van der Waals surface area contributed by atoms with Crippen LogP contribution in [0.3, 0.4) is 0 Å². The molecule has 22 heavy (non-hydrogen) atoms. The minimum Gasteiger partial charge on any atom is -0.468 e. The second kappa shape index (κ2) is 7.26. The van der Waals surface area contributed by atoms with Crippen LogP contribution in [0.1, 0.15) is 15.9 Å². The summed E-state index contributed by atoms with van der Waals surface area (Å²) in [5.41, 5.74) is 1.60. The van der Waals surface area contributed by atoms with Crippen molar-refractivity contribution in [1.29, 1.82) is 0 Å². The van der Waals surface area contributed by atoms with E-state index in [1.807, 2.05) is 31.2 Å². The minimum absolute atomic E-state index is 0.156. The number of amides is 1. The minimum atomic E-state index is -0.493. The Hall–Kier alpha value is -2.82. The number of benzene rings is 2. The Morgan fingerprint density at radius 1 is 0.955 bits per heavy atom. The van der Waals surface area contributed by atoms with Crippen LogP contribution >= 0.6 is 0 Å². The van der Waals surface area contributed by atoms with Gasteiger partial charge in [0.15, 0.2) is 0 Å². The van der Waals surface area contributed by atoms with Crippen molar-refractivity contribution in [2.75, 3.05) is 13.7 Å². The molecule has 5 heteroatoms. The van der Waals surface area contributed by atoms with Gasteiger partial charge in [0.2, 0.25) is 0 Å². The molecule has 2 aromatic carbocycles. The largest absolute Gasteiger partial charge is 0.468 e. The lowest BCUT2D eigenvalue weighted by atomic mass is 10.2. The van der Waals surface area contributed by atoms with E-state index in [9.17, 15) is 9.59 Å². The summed E-state index contributed by atoms with van der Waals surface area (Å²) >= 11 is 0. The second-order valence-corrected chi connectivity index (χ2v) is 4.70. The van der Waals surface area contributed by atoms with Gasteiger partial charge in [0.05, 0.1) is 7.11 Å². The highest BCUT2D eigenvalue weighted by atomic mass is 16.5. The quantitative estimate of drug-likeness (QED) is 0.862. The summed E-state index contributed by atoms with van der Waals surface area (Å²) in [6.45, 7) is 1.85. The zero-order valence-corrected chi connectivity index (χ0v) is 12.5. The molecule has 0 aliphatic rings. The van der Waals surface area contributed by atoms with Gasteiger partial charge in [-0.15, -0.1) is 0 Å². The topological polar surface area (TPSA) is 64.6 Å². The number of hydrogen-bond acceptors (Lipinski definition) is 4. The van der Waals surface area contributed by atoms with Crippen molar-refractivity contribution >= 4 is 11.9 Å². The molecule has 0 saturated heterocycles. The predicted octanol–water partition coefficient (Wildman–Crippen LogP) is 2.69. The molecule has 1 amide bonds. The van der Waals surface area contributed by atoms with Crippen molar-refractivity contribution in [1.82, 2.24) is 5.32 Å². The molecule has 2 rings (SSSR count). The fraction of sp³-hybridized carbons (Fsp3) is 0.176. The lowest BCUT2D eigenvalue weighted by Gasteiger charge is -2.07. The van der Waals surface area contributed by atoms with Gasteiger partial charge in [0.25, 0.3) is 5.91 Å². The Kier molecular flexibility index (Phi) is 5.14. The Bertz CT molecular complexity index is 647. The normalized spacial score (nSPS) is 9.91. The third-order valence-corrected chi connectivity index (χ3v) is 2.99. The average molecular weight is 299 g/mol. The van der Waals surface area contributed by atoms with E-state index in [-0.39, 0.29) is 12.5 Å². The van der Waals surface area contributed by atoms with Crippen LogP contribution in [0.5, 0.6) is 11.5 Å². The van der Waals surface area contributed by atoms with Crippen molar-refractivity contribution in [2.45, 2.75) is 6.92 Å². The zero-order chi connectivity index (χ0) is 15.9. The number of esters is 1. The van der Waals surface area contributed by atoms with Crippen LogP contribution in [0.2, 0.25) is 0 Å². The molecule has 5 nitrogen and oxygen atoms in total. The van der Waals surface area contributed by atoms with E-state index >= 15 is 0 Å². The number of hydrogen-bond donors (Lipinski definition) is 1. The van der Waals surface area contributed by atoms with E-state index in [2.05, 4.69) is 10.1 Å². The number of nitrogens with one attached hydrogen (secondary N) is 1. The second-order valence-electron chi connectivity index (χ2n) is 4.70. The van der Waals surface area contributed by atoms with Crippen LogP contribution in [0.4, 0.5) is 0 Å². The van der Waals surface area contributed by atoms with Gasteiger partial charge in [-0.3, -0.25) is 9.59 Å². The highest BCUT2D eigenvalue weighted by Crippen LogP contribution is 2.21. The van der Waals surface area contributed by atoms with Crippen LogP contribution in [-0.2, 0) is 9.53 Å². The first-order chi connectivity index (χ1) is 10.6. The summed E-state index contributed by atoms with van der Waals surface area (Å²) < 4.78 is 10.1. The number of aryl methyl sites for hydroxylation is 1. The summed E-state index contributed by atoms with van der Waals surface area (Å²) in [5.74, 6) is 0.529. The molecule has 1 N–H and O–H groups in total. The van der Waals surface area contributed by atoms with Gasteiger partial charge in [-0.05, 0) is 43.3 Å². The van der Waals surface area contributed by atoms with Crippen molar-refractivity contribution in [3.8, 4) is 11.5 Å². The molecule has 0 unspecified atom stereocenters. The molecule has 0 aliphatic heterocycles. The summed E-state index contributed by atoms with van der Waals surface area (Å²) in [6, 6.07) is 14.4. The molecule has 0 radical (unpaired) electrons. The first kappa shape index (κ1) is 15.6. The Morgan fingerprint density at radius 3 is 2.05 bits per heavy atom. The van der Waals surface area contributed by atoms with Crippen LogP contribution in [0.15, 0.2) is 48.5 Å². The highest BCUT2D eigenvalue weighted by Gasteiger charge is 2.08. The average Bonchev–Trinajstić information content (AvgIpc) is 2.55. The predicted molar refractivity (Wildman–Crippen MR) is 82.0 cm³/mol. The zero-order valence-electron chi connectivity index (χ0n) is 12.5. The van der Waals surface area contributed by atoms with E-state index in [1.54, 1.807) is 24.3 Å². The van der Waals surface area contributed by atoms with Gasteiger partial charge >= 0.3 is 5.97 Å². The molecule has 2 aromatic rings. The summed E-state index contributed by atoms with van der Waals surface area (Å²) in [4.78, 5) is 22.8. The molecular formula is C17H17NO4. The van der Waals surface area contributed by atoms with E-state index in [0.717, 1.165) is 11.3 Å². The summed E-state index contributed by atoms with van der Waals surface area (Å²) in [6.07, 6.45) is 0. The number of carbonyl (C=O) groups is 2. The first-order valence-electron chi connectivity index (χ1n) is 6.78. The van der Waals surface area contributed by atoms with Crippen LogP contribution in [0, 0.1) is 6.92 Å². The molecule has 0 atom stereocenters. The molecule has 0 heterocycles. The fourth-order valence-electron chi connectivity index (χ4n) is 1.74. The number of rotatable bonds is 5. The monoisotopic (exact) mass is 299 g/mol. The van der Waals surface area contributed by atoms with Gasteiger partial charge in [-0.1, -0.05) is 17.7 Å². The maximum absolute atomic E-state index is 11.8. The SMILES string of the molecule is COC(=O)CNC(=O)c1ccc(Oc2ccc(C)cc2)cc1. The van der Waals surface area contributed by atoms with Crippen molar-refractivity contribution in [2.24, 2.45) is 0 Å². The van der Waals surface area contributed by atoms with E-state index in [4.69, 9.17) is 4.74 Å². The first-order valence-corrected chi connectivity index (χ1v) is 6.78. The maximum Gasteiger partial charge on any atom is 0.325 e. The van der Waals surface area contributed by atoms with Crippen LogP contribution < -0.4 is 10.1 Å². The van der Waals surface area contributed by atoms with Gasteiger partial charge in [-0.2, -0.15) is 0 Å². The lowest BCUT2D eigenvalue weighted by molar-refractivity contribution is -0.139. The van der Waals surface area contributed by atoms with Crippen molar-refractivity contribution in [3.63, 3.8) is 0 Å². The summed E-state index contributed by atoms with van der Waals surface area (Å²) in [7, 11) is 1.27. The van der Waals surface area contributed by atoms with Crippen LogP contribution in [-0.4, -0.2) is 25.5 Å². The molecule has 0 aliphatic carbocycles. The van der Waals surface area contributed by atoms with E-state index < -0.39 is 5.97 Å². The standard InChI is InChI=1S/C17H17NO4/c1-12-3-7-14(8-4-12)22-15-9-5-13(6-10-15)17(20)18-11-16(19)21-2/h3-10H,11H2,1-2H3,(H,18,20). The van der Waals surface area contributed by atoms with Crippen molar-refractivity contribution < 1.29 is 19.1 Å². The van der Waals surface area contributed by atoms with E-state index in [0.29, 0.717) is 11.3 Å². The van der Waals surface area contributed by atoms with Gasteiger partial charge in [0, 0.05) is 5.56 Å². The van der Waals surface area contributed by atoms with Crippen molar-refractivity contribution in [3.05, 3.63) is 59.7 Å². The highest BCUT2D eigenvalue weighted by molar-refractivity contribution is 5.95. The third-order valence-electron chi connectivity index (χ3n) is 2.99. The Balaban J connectivity index is 1.96. The molecular weight excluding hydrogens is 282 g/mol. The molecule has 0 aromatic heterocycles. The van der Waals surface area contributed by atoms with Gasteiger partial charge in [-0.25, -0.2) is 0 Å². The third kappa shape index (κ3) is 4.34. The maximum atomic E-state index is 11.8. The van der Waals surface area contributed by atoms with Gasteiger partial charge in [0.1, 0.15) is 18.0 Å². The Morgan fingerprint density at radius 2 is 1.50 bits per heavy atom. The Labute approximate surface area is 128 Å². The molecule has 0 fully saturated rings. The smallest absolute Gasteiger partial charge is 0.325 e.